The van der Waals surface area contributed by atoms with Gasteiger partial charge in [-0.25, -0.2) is 17.9 Å². The van der Waals surface area contributed by atoms with E-state index in [0.717, 1.165) is 16.8 Å². The molecule has 4 rings (SSSR count). The molecule has 8 heteroatoms. The molecule has 2 heterocycles. The predicted molar refractivity (Wildman–Crippen MR) is 94.4 cm³/mol. The standard InChI is InChI=1S/C18H17N3O4S/c22-17(23)18(8-1-2-9-18)26(24,25)15-5-3-13(4-6-15)14-11-19-16-7-10-20-21(16)12-14/h3-7,10-12H,1-2,8-9H2,(H,22,23). The highest BCUT2D eigenvalue weighted by Crippen LogP contribution is 2.41. The van der Waals surface area contributed by atoms with Crippen LogP contribution in [0, 0.1) is 0 Å². The van der Waals surface area contributed by atoms with E-state index < -0.39 is 20.6 Å². The highest BCUT2D eigenvalue weighted by Gasteiger charge is 2.53. The molecule has 0 unspecified atom stereocenters. The van der Waals surface area contributed by atoms with Gasteiger partial charge in [0.1, 0.15) is 0 Å². The maximum atomic E-state index is 13.0. The van der Waals surface area contributed by atoms with Crippen molar-refractivity contribution in [3.05, 3.63) is 48.9 Å². The van der Waals surface area contributed by atoms with Crippen molar-refractivity contribution in [2.75, 3.05) is 0 Å². The quantitative estimate of drug-likeness (QED) is 0.756. The Bertz CT molecular complexity index is 1080. The Kier molecular flexibility index (Phi) is 3.80. The number of fused-ring (bicyclic) bond motifs is 1. The molecular formula is C18H17N3O4S. The van der Waals surface area contributed by atoms with Crippen LogP contribution in [0.15, 0.2) is 53.8 Å². The van der Waals surface area contributed by atoms with E-state index in [1.807, 2.05) is 6.20 Å². The third kappa shape index (κ3) is 2.40. The fourth-order valence-electron chi connectivity index (χ4n) is 3.55. The van der Waals surface area contributed by atoms with E-state index in [1.165, 1.54) is 12.1 Å². The second-order valence-corrected chi connectivity index (χ2v) is 8.77. The summed E-state index contributed by atoms with van der Waals surface area (Å²) in [4.78, 5) is 16.1. The van der Waals surface area contributed by atoms with Crippen molar-refractivity contribution in [3.8, 4) is 11.1 Å². The number of carbonyl (C=O) groups is 1. The monoisotopic (exact) mass is 371 g/mol. The molecule has 7 nitrogen and oxygen atoms in total. The van der Waals surface area contributed by atoms with Crippen LogP contribution in [-0.2, 0) is 14.6 Å². The van der Waals surface area contributed by atoms with Gasteiger partial charge in [-0.3, -0.25) is 4.79 Å². The minimum atomic E-state index is -3.96. The normalized spacial score (nSPS) is 16.8. The van der Waals surface area contributed by atoms with Gasteiger partial charge in [0.25, 0.3) is 0 Å². The Morgan fingerprint density at radius 2 is 1.77 bits per heavy atom. The summed E-state index contributed by atoms with van der Waals surface area (Å²) < 4.78 is 25.9. The number of carboxylic acid groups (broad SMARTS) is 1. The van der Waals surface area contributed by atoms with Gasteiger partial charge in [0.15, 0.2) is 20.2 Å². The molecule has 1 aromatic carbocycles. The van der Waals surface area contributed by atoms with Gasteiger partial charge < -0.3 is 5.11 Å². The van der Waals surface area contributed by atoms with E-state index in [4.69, 9.17) is 0 Å². The summed E-state index contributed by atoms with van der Waals surface area (Å²) in [6, 6.07) is 8.07. The number of carboxylic acids is 1. The third-order valence-corrected chi connectivity index (χ3v) is 7.56. The molecule has 0 bridgehead atoms. The molecule has 0 aliphatic heterocycles. The smallest absolute Gasteiger partial charge is 0.325 e. The highest BCUT2D eigenvalue weighted by atomic mass is 32.2. The first-order valence-electron chi connectivity index (χ1n) is 8.32. The Hall–Kier alpha value is -2.74. The minimum Gasteiger partial charge on any atom is -0.480 e. The number of sulfone groups is 1. The summed E-state index contributed by atoms with van der Waals surface area (Å²) in [5.41, 5.74) is 2.29. The van der Waals surface area contributed by atoms with E-state index in [-0.39, 0.29) is 17.7 Å². The molecular weight excluding hydrogens is 354 g/mol. The van der Waals surface area contributed by atoms with Crippen molar-refractivity contribution < 1.29 is 18.3 Å². The summed E-state index contributed by atoms with van der Waals surface area (Å²) in [5, 5.41) is 13.7. The van der Waals surface area contributed by atoms with E-state index >= 15 is 0 Å². The lowest BCUT2D eigenvalue weighted by atomic mass is 10.1. The fourth-order valence-corrected chi connectivity index (χ4v) is 5.56. The Morgan fingerprint density at radius 1 is 1.08 bits per heavy atom. The van der Waals surface area contributed by atoms with Gasteiger partial charge in [-0.15, -0.1) is 0 Å². The van der Waals surface area contributed by atoms with E-state index in [9.17, 15) is 18.3 Å². The minimum absolute atomic E-state index is 0.0404. The van der Waals surface area contributed by atoms with Crippen LogP contribution < -0.4 is 0 Å². The molecule has 1 fully saturated rings. The van der Waals surface area contributed by atoms with Crippen LogP contribution in [0.1, 0.15) is 25.7 Å². The molecule has 0 atom stereocenters. The van der Waals surface area contributed by atoms with Crippen LogP contribution in [-0.4, -0.2) is 38.8 Å². The molecule has 3 aromatic rings. The van der Waals surface area contributed by atoms with Gasteiger partial charge in [-0.1, -0.05) is 25.0 Å². The Morgan fingerprint density at radius 3 is 2.42 bits per heavy atom. The average Bonchev–Trinajstić information content (AvgIpc) is 3.31. The zero-order valence-corrected chi connectivity index (χ0v) is 14.7. The first-order valence-corrected chi connectivity index (χ1v) is 9.80. The number of aliphatic carboxylic acids is 1. The molecule has 0 saturated heterocycles. The molecule has 1 aliphatic rings. The molecule has 2 aromatic heterocycles. The third-order valence-electron chi connectivity index (χ3n) is 5.06. The van der Waals surface area contributed by atoms with Gasteiger partial charge in [0.05, 0.1) is 11.1 Å². The van der Waals surface area contributed by atoms with Crippen molar-refractivity contribution in [3.63, 3.8) is 0 Å². The maximum absolute atomic E-state index is 13.0. The Balaban J connectivity index is 1.72. The SMILES string of the molecule is O=C(O)C1(S(=O)(=O)c2ccc(-c3cnc4ccnn4c3)cc2)CCCC1. The second kappa shape index (κ2) is 5.91. The van der Waals surface area contributed by atoms with Crippen molar-refractivity contribution in [2.45, 2.75) is 35.3 Å². The zero-order chi connectivity index (χ0) is 18.4. The van der Waals surface area contributed by atoms with Crippen molar-refractivity contribution in [2.24, 2.45) is 0 Å². The summed E-state index contributed by atoms with van der Waals surface area (Å²) >= 11 is 0. The summed E-state index contributed by atoms with van der Waals surface area (Å²) in [6.07, 6.45) is 6.68. The zero-order valence-electron chi connectivity index (χ0n) is 13.9. The fraction of sp³-hybridized carbons (Fsp3) is 0.278. The molecule has 26 heavy (non-hydrogen) atoms. The molecule has 1 saturated carbocycles. The topological polar surface area (TPSA) is 102 Å². The van der Waals surface area contributed by atoms with E-state index in [1.54, 1.807) is 35.1 Å². The lowest BCUT2D eigenvalue weighted by Gasteiger charge is -2.24. The number of benzene rings is 1. The first-order chi connectivity index (χ1) is 12.4. The second-order valence-electron chi connectivity index (χ2n) is 6.51. The number of rotatable bonds is 4. The summed E-state index contributed by atoms with van der Waals surface area (Å²) in [7, 11) is -3.96. The lowest BCUT2D eigenvalue weighted by Crippen LogP contribution is -2.43. The number of aromatic nitrogens is 3. The molecule has 1 aliphatic carbocycles. The summed E-state index contributed by atoms with van der Waals surface area (Å²) in [6.45, 7) is 0. The number of hydrogen-bond acceptors (Lipinski definition) is 5. The van der Waals surface area contributed by atoms with Crippen LogP contribution >= 0.6 is 0 Å². The number of hydrogen-bond donors (Lipinski definition) is 1. The molecule has 0 radical (unpaired) electrons. The molecule has 134 valence electrons. The highest BCUT2D eigenvalue weighted by molar-refractivity contribution is 7.93. The average molecular weight is 371 g/mol. The first kappa shape index (κ1) is 16.7. The van der Waals surface area contributed by atoms with Gasteiger partial charge in [-0.2, -0.15) is 5.10 Å². The van der Waals surface area contributed by atoms with Crippen LogP contribution in [0.3, 0.4) is 0 Å². The van der Waals surface area contributed by atoms with Gasteiger partial charge in [-0.05, 0) is 30.5 Å². The Labute approximate surface area is 150 Å². The number of nitrogens with zero attached hydrogens (tertiary/aromatic N) is 3. The van der Waals surface area contributed by atoms with Gasteiger partial charge in [0, 0.05) is 24.0 Å². The lowest BCUT2D eigenvalue weighted by molar-refractivity contribution is -0.139. The molecule has 1 N–H and O–H groups in total. The van der Waals surface area contributed by atoms with Crippen LogP contribution in [0.4, 0.5) is 0 Å². The van der Waals surface area contributed by atoms with Crippen LogP contribution in [0.2, 0.25) is 0 Å². The van der Waals surface area contributed by atoms with Crippen LogP contribution in [0.25, 0.3) is 16.8 Å². The summed E-state index contributed by atoms with van der Waals surface area (Å²) in [5.74, 6) is -1.26. The molecule has 0 amide bonds. The maximum Gasteiger partial charge on any atom is 0.325 e. The predicted octanol–water partition coefficient (Wildman–Crippen LogP) is 2.57. The van der Waals surface area contributed by atoms with E-state index in [0.29, 0.717) is 12.8 Å². The van der Waals surface area contributed by atoms with Gasteiger partial charge >= 0.3 is 5.97 Å². The van der Waals surface area contributed by atoms with Crippen molar-refractivity contribution in [1.29, 1.82) is 0 Å². The van der Waals surface area contributed by atoms with Crippen molar-refractivity contribution in [1.82, 2.24) is 14.6 Å². The van der Waals surface area contributed by atoms with Crippen LogP contribution in [0.5, 0.6) is 0 Å². The van der Waals surface area contributed by atoms with E-state index in [2.05, 4.69) is 10.1 Å². The molecule has 0 spiro atoms. The van der Waals surface area contributed by atoms with Crippen molar-refractivity contribution >= 4 is 21.5 Å². The largest absolute Gasteiger partial charge is 0.480 e. The van der Waals surface area contributed by atoms with Gasteiger partial charge in [0.2, 0.25) is 0 Å².